The van der Waals surface area contributed by atoms with Crippen LogP contribution in [0.1, 0.15) is 33.1 Å². The van der Waals surface area contributed by atoms with Crippen molar-refractivity contribution in [2.24, 2.45) is 5.92 Å². The Balaban J connectivity index is 3.92. The normalized spacial score (nSPS) is 10.5. The van der Waals surface area contributed by atoms with Gasteiger partial charge in [0.15, 0.2) is 0 Å². The largest absolute Gasteiger partial charge is 0.345 e. The number of hydrogen-bond donors (Lipinski definition) is 0. The standard InChI is InChI=1S/C10H20BrNO/c1-4-9(5-2)10(13)12(3)8-6-7-11/h9H,4-8H2,1-3H3. The first-order valence-corrected chi connectivity index (χ1v) is 6.10. The van der Waals surface area contributed by atoms with Crippen LogP contribution in [0.25, 0.3) is 0 Å². The molecular formula is C10H20BrNO. The van der Waals surface area contributed by atoms with Crippen molar-refractivity contribution in [3.63, 3.8) is 0 Å². The van der Waals surface area contributed by atoms with Gasteiger partial charge in [0, 0.05) is 24.8 Å². The lowest BCUT2D eigenvalue weighted by atomic mass is 10.0. The zero-order chi connectivity index (χ0) is 10.3. The topological polar surface area (TPSA) is 20.3 Å². The van der Waals surface area contributed by atoms with E-state index in [9.17, 15) is 4.79 Å². The quantitative estimate of drug-likeness (QED) is 0.664. The molecule has 1 amide bonds. The van der Waals surface area contributed by atoms with E-state index in [4.69, 9.17) is 0 Å². The van der Waals surface area contributed by atoms with E-state index in [2.05, 4.69) is 29.8 Å². The van der Waals surface area contributed by atoms with E-state index in [0.717, 1.165) is 31.1 Å². The monoisotopic (exact) mass is 249 g/mol. The first-order valence-electron chi connectivity index (χ1n) is 4.98. The van der Waals surface area contributed by atoms with Gasteiger partial charge in [0.2, 0.25) is 5.91 Å². The lowest BCUT2D eigenvalue weighted by Gasteiger charge is -2.21. The summed E-state index contributed by atoms with van der Waals surface area (Å²) in [7, 11) is 1.89. The lowest BCUT2D eigenvalue weighted by molar-refractivity contribution is -0.134. The molecule has 0 aliphatic rings. The third kappa shape index (κ3) is 4.65. The predicted molar refractivity (Wildman–Crippen MR) is 60.1 cm³/mol. The Kier molecular flexibility index (Phi) is 7.33. The van der Waals surface area contributed by atoms with E-state index in [1.165, 1.54) is 0 Å². The highest BCUT2D eigenvalue weighted by atomic mass is 79.9. The molecule has 0 aromatic heterocycles. The number of rotatable bonds is 6. The van der Waals surface area contributed by atoms with Crippen LogP contribution in [0, 0.1) is 5.92 Å². The third-order valence-electron chi connectivity index (χ3n) is 2.34. The first-order chi connectivity index (χ1) is 6.17. The molecule has 0 spiro atoms. The maximum atomic E-state index is 11.7. The molecule has 0 aromatic rings. The van der Waals surface area contributed by atoms with Gasteiger partial charge in [0.25, 0.3) is 0 Å². The van der Waals surface area contributed by atoms with Gasteiger partial charge in [-0.2, -0.15) is 0 Å². The Morgan fingerprint density at radius 2 is 1.92 bits per heavy atom. The van der Waals surface area contributed by atoms with Gasteiger partial charge in [-0.3, -0.25) is 4.79 Å². The summed E-state index contributed by atoms with van der Waals surface area (Å²) in [6.07, 6.45) is 2.93. The second kappa shape index (κ2) is 7.36. The summed E-state index contributed by atoms with van der Waals surface area (Å²) in [6.45, 7) is 5.01. The number of alkyl halides is 1. The minimum atomic E-state index is 0.223. The Bertz CT molecular complexity index is 146. The zero-order valence-corrected chi connectivity index (χ0v) is 10.4. The summed E-state index contributed by atoms with van der Waals surface area (Å²) in [4.78, 5) is 13.6. The Morgan fingerprint density at radius 3 is 2.31 bits per heavy atom. The van der Waals surface area contributed by atoms with Gasteiger partial charge >= 0.3 is 0 Å². The molecule has 0 aliphatic heterocycles. The summed E-state index contributed by atoms with van der Waals surface area (Å²) < 4.78 is 0. The second-order valence-electron chi connectivity index (χ2n) is 3.32. The highest BCUT2D eigenvalue weighted by Crippen LogP contribution is 2.11. The summed E-state index contributed by atoms with van der Waals surface area (Å²) in [5, 5.41) is 0.966. The molecule has 0 unspecified atom stereocenters. The Hall–Kier alpha value is -0.0500. The average Bonchev–Trinajstić information content (AvgIpc) is 2.15. The van der Waals surface area contributed by atoms with Crippen LogP contribution in [0.4, 0.5) is 0 Å². The molecule has 0 aromatic carbocycles. The number of hydrogen-bond acceptors (Lipinski definition) is 1. The molecule has 0 atom stereocenters. The van der Waals surface area contributed by atoms with E-state index < -0.39 is 0 Å². The van der Waals surface area contributed by atoms with Crippen LogP contribution < -0.4 is 0 Å². The van der Waals surface area contributed by atoms with E-state index in [1.807, 2.05) is 11.9 Å². The molecule has 0 radical (unpaired) electrons. The molecule has 0 fully saturated rings. The van der Waals surface area contributed by atoms with Crippen molar-refractivity contribution in [1.82, 2.24) is 4.90 Å². The van der Waals surface area contributed by atoms with Crippen LogP contribution in [0.2, 0.25) is 0 Å². The molecule has 13 heavy (non-hydrogen) atoms. The number of carbonyl (C=O) groups is 1. The van der Waals surface area contributed by atoms with Gasteiger partial charge in [0.1, 0.15) is 0 Å². The van der Waals surface area contributed by atoms with Gasteiger partial charge in [0.05, 0.1) is 0 Å². The first kappa shape index (κ1) is 12.9. The average molecular weight is 250 g/mol. The fourth-order valence-electron chi connectivity index (χ4n) is 1.36. The SMILES string of the molecule is CCC(CC)C(=O)N(C)CCCBr. The summed E-state index contributed by atoms with van der Waals surface area (Å²) >= 11 is 3.36. The maximum absolute atomic E-state index is 11.7. The molecule has 0 bridgehead atoms. The smallest absolute Gasteiger partial charge is 0.225 e. The number of nitrogens with zero attached hydrogens (tertiary/aromatic N) is 1. The molecule has 0 heterocycles. The van der Waals surface area contributed by atoms with Crippen LogP contribution in [0.3, 0.4) is 0 Å². The number of amides is 1. The second-order valence-corrected chi connectivity index (χ2v) is 4.11. The molecule has 0 saturated heterocycles. The Morgan fingerprint density at radius 1 is 1.38 bits per heavy atom. The molecule has 0 aliphatic carbocycles. The maximum Gasteiger partial charge on any atom is 0.225 e. The predicted octanol–water partition coefficient (Wildman–Crippen LogP) is 2.67. The van der Waals surface area contributed by atoms with Gasteiger partial charge < -0.3 is 4.90 Å². The molecule has 3 heteroatoms. The minimum Gasteiger partial charge on any atom is -0.345 e. The van der Waals surface area contributed by atoms with Crippen LogP contribution in [0.5, 0.6) is 0 Å². The van der Waals surface area contributed by atoms with Crippen LogP contribution in [-0.2, 0) is 4.79 Å². The molecule has 0 rings (SSSR count). The van der Waals surface area contributed by atoms with E-state index in [1.54, 1.807) is 0 Å². The minimum absolute atomic E-state index is 0.223. The fraction of sp³-hybridized carbons (Fsp3) is 0.900. The van der Waals surface area contributed by atoms with Crippen molar-refractivity contribution in [1.29, 1.82) is 0 Å². The van der Waals surface area contributed by atoms with Crippen molar-refractivity contribution in [3.05, 3.63) is 0 Å². The highest BCUT2D eigenvalue weighted by Gasteiger charge is 2.17. The lowest BCUT2D eigenvalue weighted by Crippen LogP contribution is -2.33. The fourth-order valence-corrected chi connectivity index (χ4v) is 1.61. The van der Waals surface area contributed by atoms with Crippen molar-refractivity contribution in [2.45, 2.75) is 33.1 Å². The molecule has 0 saturated carbocycles. The van der Waals surface area contributed by atoms with Crippen LogP contribution in [0.15, 0.2) is 0 Å². The van der Waals surface area contributed by atoms with E-state index in [-0.39, 0.29) is 5.92 Å². The zero-order valence-electron chi connectivity index (χ0n) is 8.85. The third-order valence-corrected chi connectivity index (χ3v) is 2.90. The summed E-state index contributed by atoms with van der Waals surface area (Å²) in [5.41, 5.74) is 0. The van der Waals surface area contributed by atoms with Gasteiger partial charge in [-0.25, -0.2) is 0 Å². The molecule has 0 N–H and O–H groups in total. The van der Waals surface area contributed by atoms with E-state index in [0.29, 0.717) is 5.91 Å². The van der Waals surface area contributed by atoms with Crippen molar-refractivity contribution >= 4 is 21.8 Å². The molecule has 78 valence electrons. The molecule has 2 nitrogen and oxygen atoms in total. The summed E-state index contributed by atoms with van der Waals surface area (Å²) in [6, 6.07) is 0. The van der Waals surface area contributed by atoms with Gasteiger partial charge in [-0.15, -0.1) is 0 Å². The molecular weight excluding hydrogens is 230 g/mol. The van der Waals surface area contributed by atoms with Gasteiger partial charge in [-0.05, 0) is 19.3 Å². The summed E-state index contributed by atoms with van der Waals surface area (Å²) in [5.74, 6) is 0.520. The van der Waals surface area contributed by atoms with Crippen molar-refractivity contribution in [2.75, 3.05) is 18.9 Å². The number of carbonyl (C=O) groups excluding carboxylic acids is 1. The van der Waals surface area contributed by atoms with Crippen LogP contribution in [-0.4, -0.2) is 29.7 Å². The highest BCUT2D eigenvalue weighted by molar-refractivity contribution is 9.09. The van der Waals surface area contributed by atoms with Gasteiger partial charge in [-0.1, -0.05) is 29.8 Å². The van der Waals surface area contributed by atoms with Crippen molar-refractivity contribution in [3.8, 4) is 0 Å². The Labute approximate surface area is 89.8 Å². The number of halogens is 1. The van der Waals surface area contributed by atoms with Crippen molar-refractivity contribution < 1.29 is 4.79 Å². The van der Waals surface area contributed by atoms with E-state index >= 15 is 0 Å². The van der Waals surface area contributed by atoms with Crippen LogP contribution >= 0.6 is 15.9 Å².